The van der Waals surface area contributed by atoms with Crippen LogP contribution in [0.3, 0.4) is 0 Å². The summed E-state index contributed by atoms with van der Waals surface area (Å²) in [5, 5.41) is 12.7. The van der Waals surface area contributed by atoms with Crippen LogP contribution in [0.1, 0.15) is 57.9 Å². The molecule has 6 atom stereocenters. The van der Waals surface area contributed by atoms with Gasteiger partial charge in [-0.2, -0.15) is 0 Å². The minimum atomic E-state index is -1.17. The second kappa shape index (κ2) is 16.5. The summed E-state index contributed by atoms with van der Waals surface area (Å²) in [4.78, 5) is 77.2. The zero-order valence-electron chi connectivity index (χ0n) is 26.5. The third-order valence-electron chi connectivity index (χ3n) is 8.53. The minimum absolute atomic E-state index is 0.0467. The topological polar surface area (TPSA) is 173 Å². The number of nitrogens with one attached hydrogen (secondary N) is 1. The van der Waals surface area contributed by atoms with Crippen molar-refractivity contribution < 1.29 is 38.6 Å². The quantitative estimate of drug-likeness (QED) is 0.102. The first-order chi connectivity index (χ1) is 21.8. The van der Waals surface area contributed by atoms with Gasteiger partial charge in [0.15, 0.2) is 0 Å². The highest BCUT2D eigenvalue weighted by atomic mass is 16.5. The molecule has 11 heteroatoms. The van der Waals surface area contributed by atoms with Crippen LogP contribution >= 0.6 is 0 Å². The van der Waals surface area contributed by atoms with Gasteiger partial charge in [-0.3, -0.25) is 28.9 Å². The molecule has 1 aliphatic heterocycles. The highest BCUT2D eigenvalue weighted by Crippen LogP contribution is 2.40. The number of benzene rings is 2. The van der Waals surface area contributed by atoms with E-state index in [9.17, 15) is 33.9 Å². The van der Waals surface area contributed by atoms with E-state index in [1.165, 1.54) is 11.8 Å². The van der Waals surface area contributed by atoms with Crippen molar-refractivity contribution in [2.24, 2.45) is 35.3 Å². The molecule has 3 rings (SSSR count). The fraction of sp³-hybridized carbons (Fsp3) is 0.429. The van der Waals surface area contributed by atoms with Crippen LogP contribution in [0.25, 0.3) is 0 Å². The van der Waals surface area contributed by atoms with Crippen molar-refractivity contribution >= 4 is 41.3 Å². The molecular weight excluding hydrogens is 590 g/mol. The SMILES string of the molecule is C=C(C)C(=O)OCCNC(=O)C(C)CC(CC(CC(CC1C(=O)N(c2ccccc2)C(=O)C1C)c1ccccc1)C(N)=O)C(=O)O. The van der Waals surface area contributed by atoms with Crippen molar-refractivity contribution in [2.45, 2.75) is 52.4 Å². The number of nitrogens with two attached hydrogens (primary N) is 1. The van der Waals surface area contributed by atoms with Gasteiger partial charge in [0.1, 0.15) is 6.61 Å². The number of esters is 1. The van der Waals surface area contributed by atoms with Gasteiger partial charge >= 0.3 is 11.9 Å². The first-order valence-corrected chi connectivity index (χ1v) is 15.4. The Morgan fingerprint density at radius 2 is 1.57 bits per heavy atom. The van der Waals surface area contributed by atoms with E-state index < -0.39 is 53.3 Å². The van der Waals surface area contributed by atoms with E-state index in [0.717, 1.165) is 5.56 Å². The Labute approximate surface area is 269 Å². The zero-order chi connectivity index (χ0) is 34.0. The van der Waals surface area contributed by atoms with E-state index in [2.05, 4.69) is 11.9 Å². The van der Waals surface area contributed by atoms with Crippen LogP contribution in [-0.4, -0.2) is 53.8 Å². The highest BCUT2D eigenvalue weighted by Gasteiger charge is 2.46. The number of hydrogen-bond acceptors (Lipinski definition) is 7. The molecule has 0 saturated carbocycles. The van der Waals surface area contributed by atoms with Crippen LogP contribution in [0.2, 0.25) is 0 Å². The summed E-state index contributed by atoms with van der Waals surface area (Å²) in [7, 11) is 0. The van der Waals surface area contributed by atoms with E-state index in [1.807, 2.05) is 30.3 Å². The number of carboxylic acid groups (broad SMARTS) is 1. The molecule has 1 saturated heterocycles. The summed E-state index contributed by atoms with van der Waals surface area (Å²) in [6.07, 6.45) is 0.263. The maximum Gasteiger partial charge on any atom is 0.333 e. The van der Waals surface area contributed by atoms with Crippen LogP contribution in [0.4, 0.5) is 5.69 Å². The number of carbonyl (C=O) groups excluding carboxylic acids is 5. The lowest BCUT2D eigenvalue weighted by atomic mass is 9.76. The van der Waals surface area contributed by atoms with Crippen molar-refractivity contribution in [1.82, 2.24) is 5.32 Å². The number of amides is 4. The van der Waals surface area contributed by atoms with Crippen LogP contribution in [0.5, 0.6) is 0 Å². The van der Waals surface area contributed by atoms with Crippen LogP contribution in [0, 0.1) is 29.6 Å². The number of aliphatic carboxylic acids is 1. The van der Waals surface area contributed by atoms with Crippen molar-refractivity contribution in [2.75, 3.05) is 18.1 Å². The Bertz CT molecular complexity index is 1430. The summed E-state index contributed by atoms with van der Waals surface area (Å²) in [6.45, 7) is 8.28. The summed E-state index contributed by atoms with van der Waals surface area (Å²) in [5.41, 5.74) is 7.39. The third-order valence-corrected chi connectivity index (χ3v) is 8.53. The molecule has 6 unspecified atom stereocenters. The fourth-order valence-electron chi connectivity index (χ4n) is 5.86. The predicted octanol–water partition coefficient (Wildman–Crippen LogP) is 3.83. The lowest BCUT2D eigenvalue weighted by Gasteiger charge is -2.27. The van der Waals surface area contributed by atoms with Gasteiger partial charge in [0, 0.05) is 23.3 Å². The summed E-state index contributed by atoms with van der Waals surface area (Å²) in [6, 6.07) is 18.0. The molecule has 246 valence electrons. The molecule has 46 heavy (non-hydrogen) atoms. The van der Waals surface area contributed by atoms with Gasteiger partial charge in [0.05, 0.1) is 24.1 Å². The average molecular weight is 634 g/mol. The summed E-state index contributed by atoms with van der Waals surface area (Å²) in [5.74, 6) is -7.75. The molecule has 1 aliphatic rings. The molecule has 4 N–H and O–H groups in total. The number of imide groups is 1. The molecule has 0 bridgehead atoms. The minimum Gasteiger partial charge on any atom is -0.481 e. The number of nitrogens with zero attached hydrogens (tertiary/aromatic N) is 1. The van der Waals surface area contributed by atoms with Crippen LogP contribution < -0.4 is 16.0 Å². The number of hydrogen-bond donors (Lipinski definition) is 3. The maximum absolute atomic E-state index is 13.6. The molecule has 2 aromatic carbocycles. The van der Waals surface area contributed by atoms with Gasteiger partial charge in [-0.25, -0.2) is 4.79 Å². The van der Waals surface area contributed by atoms with Gasteiger partial charge in [0.25, 0.3) is 0 Å². The molecule has 11 nitrogen and oxygen atoms in total. The molecule has 0 spiro atoms. The first-order valence-electron chi connectivity index (χ1n) is 15.4. The van der Waals surface area contributed by atoms with Crippen molar-refractivity contribution in [3.63, 3.8) is 0 Å². The number of ether oxygens (including phenoxy) is 1. The van der Waals surface area contributed by atoms with Gasteiger partial charge in [-0.15, -0.1) is 0 Å². The largest absolute Gasteiger partial charge is 0.481 e. The van der Waals surface area contributed by atoms with Crippen LogP contribution in [0.15, 0.2) is 72.8 Å². The monoisotopic (exact) mass is 633 g/mol. The third kappa shape index (κ3) is 9.35. The van der Waals surface area contributed by atoms with Gasteiger partial charge in [-0.05, 0) is 56.2 Å². The van der Waals surface area contributed by atoms with Crippen molar-refractivity contribution in [1.29, 1.82) is 0 Å². The van der Waals surface area contributed by atoms with Crippen molar-refractivity contribution in [3.05, 3.63) is 78.4 Å². The number of rotatable bonds is 17. The number of carbonyl (C=O) groups is 6. The summed E-state index contributed by atoms with van der Waals surface area (Å²) < 4.78 is 4.96. The number of para-hydroxylation sites is 1. The lowest BCUT2D eigenvalue weighted by molar-refractivity contribution is -0.144. The molecule has 0 radical (unpaired) electrons. The molecule has 1 fully saturated rings. The van der Waals surface area contributed by atoms with E-state index >= 15 is 0 Å². The van der Waals surface area contributed by atoms with E-state index in [4.69, 9.17) is 10.5 Å². The maximum atomic E-state index is 13.6. The molecule has 0 aromatic heterocycles. The first kappa shape index (κ1) is 35.7. The number of primary amides is 1. The predicted molar refractivity (Wildman–Crippen MR) is 171 cm³/mol. The average Bonchev–Trinajstić information content (AvgIpc) is 3.24. The normalized spacial score (nSPS) is 18.7. The smallest absolute Gasteiger partial charge is 0.333 e. The Morgan fingerprint density at radius 1 is 0.957 bits per heavy atom. The van der Waals surface area contributed by atoms with E-state index in [-0.39, 0.29) is 62.1 Å². The zero-order valence-corrected chi connectivity index (χ0v) is 26.5. The Morgan fingerprint density at radius 3 is 2.13 bits per heavy atom. The Kier molecular flexibility index (Phi) is 12.8. The second-order valence-electron chi connectivity index (χ2n) is 12.0. The Balaban J connectivity index is 1.74. The molecule has 4 amide bonds. The summed E-state index contributed by atoms with van der Waals surface area (Å²) >= 11 is 0. The molecule has 1 heterocycles. The fourth-order valence-corrected chi connectivity index (χ4v) is 5.86. The molecule has 2 aromatic rings. The van der Waals surface area contributed by atoms with Crippen molar-refractivity contribution in [3.8, 4) is 0 Å². The lowest BCUT2D eigenvalue weighted by Crippen LogP contribution is -2.35. The second-order valence-corrected chi connectivity index (χ2v) is 12.0. The van der Waals surface area contributed by atoms with Gasteiger partial charge in [-0.1, -0.05) is 69.0 Å². The Hall–Kier alpha value is -4.80. The highest BCUT2D eigenvalue weighted by molar-refractivity contribution is 6.21. The van der Waals surface area contributed by atoms with Crippen LogP contribution in [-0.2, 0) is 33.5 Å². The number of anilines is 1. The van der Waals surface area contributed by atoms with Gasteiger partial charge < -0.3 is 20.9 Å². The number of carboxylic acids is 1. The van der Waals surface area contributed by atoms with E-state index in [1.54, 1.807) is 44.2 Å². The van der Waals surface area contributed by atoms with E-state index in [0.29, 0.717) is 5.69 Å². The molecule has 0 aliphatic carbocycles. The van der Waals surface area contributed by atoms with Gasteiger partial charge in [0.2, 0.25) is 23.6 Å². The standard InChI is InChI=1S/C35H43N3O8/c1-21(2)35(45)46-16-15-37-31(40)22(3)17-27(34(43)44)19-26(30(36)39)18-25(24-11-7-5-8-12-24)20-29-23(4)32(41)38(33(29)42)28-13-9-6-10-14-28/h5-14,22-23,25-27,29H,1,15-20H2,2-4H3,(H2,36,39)(H,37,40)(H,43,44). The molecular formula is C35H43N3O8.